The van der Waals surface area contributed by atoms with Crippen LogP contribution in [-0.2, 0) is 11.3 Å². The van der Waals surface area contributed by atoms with Gasteiger partial charge in [0.15, 0.2) is 0 Å². The van der Waals surface area contributed by atoms with E-state index in [-0.39, 0.29) is 17.6 Å². The Labute approximate surface area is 170 Å². The Balaban J connectivity index is 1.61. The molecule has 2 aromatic heterocycles. The summed E-state index contributed by atoms with van der Waals surface area (Å²) in [5.74, 6) is -0.865. The molecule has 0 unspecified atom stereocenters. The Morgan fingerprint density at radius 3 is 2.76 bits per heavy atom. The van der Waals surface area contributed by atoms with E-state index in [2.05, 4.69) is 10.3 Å². The first-order chi connectivity index (χ1) is 13.9. The minimum absolute atomic E-state index is 0.0250. The fraction of sp³-hybridized carbons (Fsp3) is 0.300. The third-order valence-corrected chi connectivity index (χ3v) is 6.17. The number of primary amides is 1. The minimum Gasteiger partial charge on any atom is -0.376 e. The number of ether oxygens (including phenoxy) is 1. The van der Waals surface area contributed by atoms with Gasteiger partial charge in [0.2, 0.25) is 5.91 Å². The normalized spacial score (nSPS) is 16.2. The Kier molecular flexibility index (Phi) is 5.16. The van der Waals surface area contributed by atoms with Gasteiger partial charge >= 0.3 is 0 Å². The third-order valence-electron chi connectivity index (χ3n) is 4.98. The smallest absolute Gasteiger partial charge is 0.266 e. The summed E-state index contributed by atoms with van der Waals surface area (Å²) < 4.78 is 7.17. The van der Waals surface area contributed by atoms with Gasteiger partial charge in [-0.3, -0.25) is 19.0 Å². The number of hydrogen-bond donors (Lipinski definition) is 2. The lowest BCUT2D eigenvalue weighted by Gasteiger charge is -2.11. The maximum atomic E-state index is 12.9. The quantitative estimate of drug-likeness (QED) is 0.667. The summed E-state index contributed by atoms with van der Waals surface area (Å²) in [7, 11) is 0. The van der Waals surface area contributed by atoms with Gasteiger partial charge in [0.1, 0.15) is 4.83 Å². The van der Waals surface area contributed by atoms with Crippen LogP contribution in [0.2, 0.25) is 0 Å². The van der Waals surface area contributed by atoms with Crippen LogP contribution in [0.1, 0.15) is 38.4 Å². The summed E-state index contributed by atoms with van der Waals surface area (Å²) >= 11 is 1.18. The van der Waals surface area contributed by atoms with Gasteiger partial charge in [0.25, 0.3) is 11.5 Å². The second-order valence-corrected chi connectivity index (χ2v) is 7.97. The summed E-state index contributed by atoms with van der Waals surface area (Å²) in [6.45, 7) is 2.94. The van der Waals surface area contributed by atoms with Crippen LogP contribution in [-0.4, -0.2) is 34.1 Å². The molecule has 8 nitrogen and oxygen atoms in total. The molecule has 3 aromatic rings. The van der Waals surface area contributed by atoms with Crippen molar-refractivity contribution in [2.24, 2.45) is 5.73 Å². The lowest BCUT2D eigenvalue weighted by atomic mass is 10.2. The first-order valence-electron chi connectivity index (χ1n) is 9.25. The summed E-state index contributed by atoms with van der Waals surface area (Å²) in [4.78, 5) is 42.2. The summed E-state index contributed by atoms with van der Waals surface area (Å²) in [6.07, 6.45) is 3.47. The number of nitrogens with zero attached hydrogens (tertiary/aromatic N) is 2. The van der Waals surface area contributed by atoms with Crippen LogP contribution in [0.4, 0.5) is 5.69 Å². The van der Waals surface area contributed by atoms with Gasteiger partial charge in [0, 0.05) is 17.9 Å². The monoisotopic (exact) mass is 412 g/mol. The molecule has 1 aliphatic rings. The molecule has 29 heavy (non-hydrogen) atoms. The lowest BCUT2D eigenvalue weighted by Crippen LogP contribution is -2.26. The van der Waals surface area contributed by atoms with Crippen molar-refractivity contribution in [3.05, 3.63) is 57.0 Å². The first kappa shape index (κ1) is 19.3. The zero-order valence-corrected chi connectivity index (χ0v) is 16.6. The number of anilines is 1. The van der Waals surface area contributed by atoms with Gasteiger partial charge in [-0.2, -0.15) is 0 Å². The molecule has 150 valence electrons. The molecule has 0 bridgehead atoms. The van der Waals surface area contributed by atoms with Crippen LogP contribution >= 0.6 is 11.3 Å². The predicted molar refractivity (Wildman–Crippen MR) is 111 cm³/mol. The standard InChI is InChI=1S/C20H20N4O4S/c1-11-15-19(22-10-24(20(15)27)9-14-3-2-8-28-14)29-16(11)18(26)23-13-6-4-12(5-7-13)17(21)25/h4-7,10,14H,2-3,8-9H2,1H3,(H2,21,25)(H,23,26)/t14-/m0/s1. The van der Waals surface area contributed by atoms with E-state index in [1.165, 1.54) is 17.7 Å². The molecule has 1 fully saturated rings. The predicted octanol–water partition coefficient (Wildman–Crippen LogP) is 2.30. The maximum absolute atomic E-state index is 12.9. The van der Waals surface area contributed by atoms with E-state index < -0.39 is 5.91 Å². The van der Waals surface area contributed by atoms with Gasteiger partial charge in [-0.1, -0.05) is 0 Å². The molecule has 0 radical (unpaired) electrons. The summed E-state index contributed by atoms with van der Waals surface area (Å²) in [5.41, 5.74) is 6.56. The number of nitrogens with two attached hydrogens (primary N) is 1. The zero-order chi connectivity index (χ0) is 20.5. The number of carbonyl (C=O) groups is 2. The lowest BCUT2D eigenvalue weighted by molar-refractivity contribution is 0.0960. The highest BCUT2D eigenvalue weighted by atomic mass is 32.1. The highest BCUT2D eigenvalue weighted by Gasteiger charge is 2.22. The molecular weight excluding hydrogens is 392 g/mol. The maximum Gasteiger partial charge on any atom is 0.266 e. The van der Waals surface area contributed by atoms with Gasteiger partial charge in [-0.25, -0.2) is 4.98 Å². The van der Waals surface area contributed by atoms with Crippen LogP contribution in [0.5, 0.6) is 0 Å². The number of thiophene rings is 1. The molecule has 2 amide bonds. The van der Waals surface area contributed by atoms with E-state index in [0.29, 0.717) is 38.5 Å². The first-order valence-corrected chi connectivity index (χ1v) is 10.1. The Morgan fingerprint density at radius 2 is 2.10 bits per heavy atom. The second-order valence-electron chi connectivity index (χ2n) is 6.97. The minimum atomic E-state index is -0.534. The van der Waals surface area contributed by atoms with Gasteiger partial charge in [-0.15, -0.1) is 11.3 Å². The average molecular weight is 412 g/mol. The van der Waals surface area contributed by atoms with Crippen molar-refractivity contribution >= 4 is 39.1 Å². The number of aryl methyl sites for hydroxylation is 1. The van der Waals surface area contributed by atoms with Crippen molar-refractivity contribution in [3.8, 4) is 0 Å². The Hall–Kier alpha value is -3.04. The number of fused-ring (bicyclic) bond motifs is 1. The number of benzene rings is 1. The molecule has 9 heteroatoms. The second kappa shape index (κ2) is 7.76. The van der Waals surface area contributed by atoms with E-state index in [1.54, 1.807) is 35.8 Å². The largest absolute Gasteiger partial charge is 0.376 e. The Morgan fingerprint density at radius 1 is 1.34 bits per heavy atom. The van der Waals surface area contributed by atoms with Gasteiger partial charge in [-0.05, 0) is 49.6 Å². The van der Waals surface area contributed by atoms with Crippen LogP contribution in [0.15, 0.2) is 35.4 Å². The van der Waals surface area contributed by atoms with Crippen molar-refractivity contribution in [3.63, 3.8) is 0 Å². The SMILES string of the molecule is Cc1c(C(=O)Nc2ccc(C(N)=O)cc2)sc2ncn(C[C@@H]3CCCO3)c(=O)c12. The van der Waals surface area contributed by atoms with Crippen molar-refractivity contribution in [1.29, 1.82) is 0 Å². The van der Waals surface area contributed by atoms with Crippen LogP contribution in [0.25, 0.3) is 10.2 Å². The van der Waals surface area contributed by atoms with E-state index in [9.17, 15) is 14.4 Å². The highest BCUT2D eigenvalue weighted by molar-refractivity contribution is 7.20. The third kappa shape index (κ3) is 3.79. The van der Waals surface area contributed by atoms with E-state index in [0.717, 1.165) is 19.4 Å². The van der Waals surface area contributed by atoms with E-state index in [1.807, 2.05) is 0 Å². The van der Waals surface area contributed by atoms with Crippen molar-refractivity contribution in [1.82, 2.24) is 9.55 Å². The number of hydrogen-bond acceptors (Lipinski definition) is 6. The zero-order valence-electron chi connectivity index (χ0n) is 15.8. The van der Waals surface area contributed by atoms with Crippen molar-refractivity contribution in [2.75, 3.05) is 11.9 Å². The van der Waals surface area contributed by atoms with Crippen LogP contribution in [0.3, 0.4) is 0 Å². The molecular formula is C20H20N4O4S. The number of aromatic nitrogens is 2. The van der Waals surface area contributed by atoms with Gasteiger partial charge in [0.05, 0.1) is 29.2 Å². The molecule has 1 aliphatic heterocycles. The van der Waals surface area contributed by atoms with Crippen LogP contribution < -0.4 is 16.6 Å². The molecule has 4 rings (SSSR count). The number of carbonyl (C=O) groups excluding carboxylic acids is 2. The number of amides is 2. The fourth-order valence-electron chi connectivity index (χ4n) is 3.42. The highest BCUT2D eigenvalue weighted by Crippen LogP contribution is 2.28. The van der Waals surface area contributed by atoms with Gasteiger partial charge < -0.3 is 15.8 Å². The summed E-state index contributed by atoms with van der Waals surface area (Å²) in [6, 6.07) is 6.29. The van der Waals surface area contributed by atoms with E-state index in [4.69, 9.17) is 10.5 Å². The van der Waals surface area contributed by atoms with Crippen LogP contribution in [0, 0.1) is 6.92 Å². The number of rotatable bonds is 5. The van der Waals surface area contributed by atoms with Crippen molar-refractivity contribution < 1.29 is 14.3 Å². The molecule has 0 saturated carbocycles. The molecule has 1 saturated heterocycles. The molecule has 1 aromatic carbocycles. The van der Waals surface area contributed by atoms with E-state index >= 15 is 0 Å². The molecule has 3 N–H and O–H groups in total. The molecule has 0 spiro atoms. The topological polar surface area (TPSA) is 116 Å². The Bertz CT molecular complexity index is 1140. The molecule has 1 atom stereocenters. The van der Waals surface area contributed by atoms with Crippen molar-refractivity contribution in [2.45, 2.75) is 32.4 Å². The summed E-state index contributed by atoms with van der Waals surface area (Å²) in [5, 5.41) is 3.24. The fourth-order valence-corrected chi connectivity index (χ4v) is 4.45. The molecule has 3 heterocycles. The molecule has 0 aliphatic carbocycles. The number of nitrogens with one attached hydrogen (secondary N) is 1. The average Bonchev–Trinajstić information content (AvgIpc) is 3.32.